The molecule has 0 aromatic heterocycles. The molecule has 0 atom stereocenters. The van der Waals surface area contributed by atoms with Crippen LogP contribution in [0.15, 0.2) is 48.5 Å². The highest BCUT2D eigenvalue weighted by Gasteiger charge is 2.32. The zero-order chi connectivity index (χ0) is 21.7. The number of para-hydroxylation sites is 1. The molecule has 5 nitrogen and oxygen atoms in total. The van der Waals surface area contributed by atoms with Gasteiger partial charge in [-0.25, -0.2) is 0 Å². The Morgan fingerprint density at radius 1 is 0.967 bits per heavy atom. The molecule has 2 amide bonds. The minimum atomic E-state index is -4.51. The first-order chi connectivity index (χ1) is 14.3. The molecular weight excluding hydrogens is 421 g/mol. The average Bonchev–Trinajstić information content (AvgIpc) is 2.74. The molecule has 1 heterocycles. The zero-order valence-corrected chi connectivity index (χ0v) is 16.7. The first kappa shape index (κ1) is 22.0. The van der Waals surface area contributed by atoms with Crippen molar-refractivity contribution < 1.29 is 27.5 Å². The van der Waals surface area contributed by atoms with Gasteiger partial charge in [0, 0.05) is 31.7 Å². The number of carbonyl (C=O) groups excluding carboxylic acids is 2. The highest BCUT2D eigenvalue weighted by atomic mass is 35.5. The van der Waals surface area contributed by atoms with Crippen molar-refractivity contribution in [2.24, 2.45) is 0 Å². The van der Waals surface area contributed by atoms with Gasteiger partial charge in [0.2, 0.25) is 5.91 Å². The first-order valence-corrected chi connectivity index (χ1v) is 9.75. The number of hydrogen-bond acceptors (Lipinski definition) is 3. The van der Waals surface area contributed by atoms with Crippen LogP contribution in [0.3, 0.4) is 0 Å². The lowest BCUT2D eigenvalue weighted by atomic mass is 10.1. The van der Waals surface area contributed by atoms with E-state index in [2.05, 4.69) is 0 Å². The lowest BCUT2D eigenvalue weighted by molar-refractivity contribution is -0.137. The third-order valence-electron chi connectivity index (χ3n) is 4.77. The molecule has 0 bridgehead atoms. The van der Waals surface area contributed by atoms with Gasteiger partial charge in [-0.2, -0.15) is 13.2 Å². The Bertz CT molecular complexity index is 912. The molecule has 0 spiro atoms. The fourth-order valence-electron chi connectivity index (χ4n) is 3.14. The number of carbonyl (C=O) groups is 2. The van der Waals surface area contributed by atoms with E-state index in [0.29, 0.717) is 23.9 Å². The van der Waals surface area contributed by atoms with Gasteiger partial charge >= 0.3 is 6.18 Å². The normalized spacial score (nSPS) is 14.5. The fraction of sp³-hybridized carbons (Fsp3) is 0.333. The van der Waals surface area contributed by atoms with Gasteiger partial charge in [0.25, 0.3) is 5.91 Å². The molecule has 30 heavy (non-hydrogen) atoms. The summed E-state index contributed by atoms with van der Waals surface area (Å²) >= 11 is 6.00. The number of ether oxygens (including phenoxy) is 1. The van der Waals surface area contributed by atoms with Crippen LogP contribution in [-0.2, 0) is 11.0 Å². The number of piperazine rings is 1. The van der Waals surface area contributed by atoms with Gasteiger partial charge in [-0.15, -0.1) is 0 Å². The maximum Gasteiger partial charge on any atom is 0.416 e. The van der Waals surface area contributed by atoms with Crippen LogP contribution in [0, 0.1) is 0 Å². The number of nitrogens with zero attached hydrogens (tertiary/aromatic N) is 2. The molecule has 2 aromatic carbocycles. The van der Waals surface area contributed by atoms with Crippen molar-refractivity contribution in [3.63, 3.8) is 0 Å². The molecule has 1 aliphatic rings. The topological polar surface area (TPSA) is 49.9 Å². The third-order valence-corrected chi connectivity index (χ3v) is 5.08. The van der Waals surface area contributed by atoms with Crippen molar-refractivity contribution in [1.82, 2.24) is 9.80 Å². The third kappa shape index (κ3) is 5.44. The van der Waals surface area contributed by atoms with E-state index in [4.69, 9.17) is 16.3 Å². The van der Waals surface area contributed by atoms with E-state index in [1.54, 1.807) is 29.2 Å². The first-order valence-electron chi connectivity index (χ1n) is 9.37. The van der Waals surface area contributed by atoms with Crippen molar-refractivity contribution in [3.8, 4) is 5.75 Å². The van der Waals surface area contributed by atoms with E-state index in [9.17, 15) is 22.8 Å². The molecule has 1 saturated heterocycles. The second kappa shape index (κ2) is 9.38. The van der Waals surface area contributed by atoms with Gasteiger partial charge in [0.1, 0.15) is 5.75 Å². The number of alkyl halides is 3. The Balaban J connectivity index is 1.49. The van der Waals surface area contributed by atoms with Gasteiger partial charge in [0.15, 0.2) is 0 Å². The zero-order valence-electron chi connectivity index (χ0n) is 16.0. The monoisotopic (exact) mass is 440 g/mol. The van der Waals surface area contributed by atoms with E-state index in [-0.39, 0.29) is 37.6 Å². The second-order valence-electron chi connectivity index (χ2n) is 6.78. The van der Waals surface area contributed by atoms with E-state index in [0.717, 1.165) is 12.1 Å². The van der Waals surface area contributed by atoms with Crippen LogP contribution >= 0.6 is 11.6 Å². The van der Waals surface area contributed by atoms with Gasteiger partial charge in [-0.05, 0) is 30.3 Å². The predicted molar refractivity (Wildman–Crippen MR) is 105 cm³/mol. The quantitative estimate of drug-likeness (QED) is 0.703. The Labute approximate surface area is 177 Å². The van der Waals surface area contributed by atoms with Crippen LogP contribution < -0.4 is 4.74 Å². The van der Waals surface area contributed by atoms with Crippen LogP contribution in [0.1, 0.15) is 22.3 Å². The second-order valence-corrected chi connectivity index (χ2v) is 7.19. The number of amides is 2. The standard InChI is InChI=1S/C21H20ClF3N2O3/c22-17-6-1-2-7-18(17)30-13-8-19(28)26-9-11-27(12-10-26)20(29)15-4-3-5-16(14-15)21(23,24)25/h1-7,14H,8-13H2. The van der Waals surface area contributed by atoms with Crippen LogP contribution in [0.4, 0.5) is 13.2 Å². The Morgan fingerprint density at radius 2 is 1.63 bits per heavy atom. The van der Waals surface area contributed by atoms with Crippen molar-refractivity contribution >= 4 is 23.4 Å². The van der Waals surface area contributed by atoms with E-state index >= 15 is 0 Å². The highest BCUT2D eigenvalue weighted by molar-refractivity contribution is 6.32. The summed E-state index contributed by atoms with van der Waals surface area (Å²) in [6, 6.07) is 11.3. The summed E-state index contributed by atoms with van der Waals surface area (Å²) < 4.78 is 44.1. The molecule has 0 saturated carbocycles. The smallest absolute Gasteiger partial charge is 0.416 e. The molecule has 1 aliphatic heterocycles. The van der Waals surface area contributed by atoms with Crippen LogP contribution in [-0.4, -0.2) is 54.4 Å². The maximum absolute atomic E-state index is 12.9. The molecule has 160 valence electrons. The fourth-order valence-corrected chi connectivity index (χ4v) is 3.33. The largest absolute Gasteiger partial charge is 0.491 e. The lowest BCUT2D eigenvalue weighted by Crippen LogP contribution is -2.50. The lowest BCUT2D eigenvalue weighted by Gasteiger charge is -2.35. The summed E-state index contributed by atoms with van der Waals surface area (Å²) in [5.74, 6) is -0.0908. The Morgan fingerprint density at radius 3 is 2.30 bits per heavy atom. The van der Waals surface area contributed by atoms with Crippen molar-refractivity contribution in [2.75, 3.05) is 32.8 Å². The van der Waals surface area contributed by atoms with Crippen molar-refractivity contribution in [1.29, 1.82) is 0 Å². The molecular formula is C21H20ClF3N2O3. The van der Waals surface area contributed by atoms with Crippen molar-refractivity contribution in [3.05, 3.63) is 64.7 Å². The molecule has 9 heteroatoms. The molecule has 2 aromatic rings. The molecule has 0 aliphatic carbocycles. The number of hydrogen-bond donors (Lipinski definition) is 0. The van der Waals surface area contributed by atoms with Gasteiger partial charge in [0.05, 0.1) is 23.6 Å². The number of halogens is 4. The van der Waals surface area contributed by atoms with Gasteiger partial charge < -0.3 is 14.5 Å². The predicted octanol–water partition coefficient (Wildman–Crippen LogP) is 4.11. The van der Waals surface area contributed by atoms with Crippen molar-refractivity contribution in [2.45, 2.75) is 12.6 Å². The Hall–Kier alpha value is -2.74. The average molecular weight is 441 g/mol. The summed E-state index contributed by atoms with van der Waals surface area (Å²) in [6.45, 7) is 1.32. The molecule has 0 radical (unpaired) electrons. The minimum Gasteiger partial charge on any atom is -0.491 e. The van der Waals surface area contributed by atoms with Gasteiger partial charge in [-0.1, -0.05) is 29.8 Å². The van der Waals surface area contributed by atoms with E-state index < -0.39 is 17.6 Å². The molecule has 0 unspecified atom stereocenters. The molecule has 3 rings (SSSR count). The summed E-state index contributed by atoms with van der Waals surface area (Å²) in [4.78, 5) is 28.0. The Kier molecular flexibility index (Phi) is 6.87. The van der Waals surface area contributed by atoms with Gasteiger partial charge in [-0.3, -0.25) is 9.59 Å². The number of benzene rings is 2. The SMILES string of the molecule is O=C(CCOc1ccccc1Cl)N1CCN(C(=O)c2cccc(C(F)(F)F)c2)CC1. The highest BCUT2D eigenvalue weighted by Crippen LogP contribution is 2.30. The van der Waals surface area contributed by atoms with Crippen LogP contribution in [0.2, 0.25) is 5.02 Å². The minimum absolute atomic E-state index is 0.0160. The molecule has 1 fully saturated rings. The summed E-state index contributed by atoms with van der Waals surface area (Å²) in [6.07, 6.45) is -4.35. The van der Waals surface area contributed by atoms with E-state index in [1.807, 2.05) is 0 Å². The van der Waals surface area contributed by atoms with E-state index in [1.165, 1.54) is 17.0 Å². The summed E-state index contributed by atoms with van der Waals surface area (Å²) in [7, 11) is 0. The maximum atomic E-state index is 12.9. The summed E-state index contributed by atoms with van der Waals surface area (Å²) in [5.41, 5.74) is -0.876. The number of rotatable bonds is 5. The molecule has 0 N–H and O–H groups in total. The summed E-state index contributed by atoms with van der Waals surface area (Å²) in [5, 5.41) is 0.465. The van der Waals surface area contributed by atoms with Crippen LogP contribution in [0.5, 0.6) is 5.75 Å². The van der Waals surface area contributed by atoms with Crippen LogP contribution in [0.25, 0.3) is 0 Å².